The van der Waals surface area contributed by atoms with Gasteiger partial charge < -0.3 is 9.72 Å². The number of hydrogen-bond donors (Lipinski definition) is 2. The molecule has 0 saturated heterocycles. The number of aromatic nitrogens is 6. The highest BCUT2D eigenvalue weighted by Crippen LogP contribution is 2.33. The third-order valence-corrected chi connectivity index (χ3v) is 6.31. The molecule has 34 heavy (non-hydrogen) atoms. The number of aromatic amines is 2. The van der Waals surface area contributed by atoms with Gasteiger partial charge in [0.25, 0.3) is 0 Å². The monoisotopic (exact) mass is 444 g/mol. The smallest absolute Gasteiger partial charge is 0.159 e. The van der Waals surface area contributed by atoms with Crippen molar-refractivity contribution in [2.24, 2.45) is 0 Å². The minimum absolute atomic E-state index is 0.622. The second-order valence-corrected chi connectivity index (χ2v) is 8.54. The lowest BCUT2D eigenvalue weighted by atomic mass is 10.0. The van der Waals surface area contributed by atoms with Crippen LogP contribution in [0.4, 0.5) is 0 Å². The van der Waals surface area contributed by atoms with Crippen molar-refractivity contribution in [2.75, 3.05) is 6.61 Å². The van der Waals surface area contributed by atoms with Crippen molar-refractivity contribution in [1.82, 2.24) is 30.1 Å². The van der Waals surface area contributed by atoms with Crippen molar-refractivity contribution in [3.05, 3.63) is 78.8 Å². The number of ether oxygens (including phenoxy) is 1. The highest BCUT2D eigenvalue weighted by molar-refractivity contribution is 5.97. The van der Waals surface area contributed by atoms with Gasteiger partial charge in [0.1, 0.15) is 17.0 Å². The van der Waals surface area contributed by atoms with E-state index in [0.29, 0.717) is 12.4 Å². The van der Waals surface area contributed by atoms with Gasteiger partial charge >= 0.3 is 0 Å². The molecule has 0 fully saturated rings. The zero-order valence-corrected chi connectivity index (χ0v) is 18.2. The molecule has 164 valence electrons. The van der Waals surface area contributed by atoms with Gasteiger partial charge in [0.2, 0.25) is 0 Å². The fraction of sp³-hybridized carbons (Fsp3) is 0.111. The summed E-state index contributed by atoms with van der Waals surface area (Å²) >= 11 is 0. The summed E-state index contributed by atoms with van der Waals surface area (Å²) in [6.07, 6.45) is 7.26. The van der Waals surface area contributed by atoms with E-state index in [-0.39, 0.29) is 0 Å². The van der Waals surface area contributed by atoms with E-state index in [1.54, 1.807) is 6.20 Å². The van der Waals surface area contributed by atoms with Crippen molar-refractivity contribution in [3.8, 4) is 39.7 Å². The van der Waals surface area contributed by atoms with E-state index in [4.69, 9.17) is 9.72 Å². The fourth-order valence-corrected chi connectivity index (χ4v) is 4.63. The van der Waals surface area contributed by atoms with E-state index >= 15 is 0 Å². The van der Waals surface area contributed by atoms with Crippen LogP contribution in [0.3, 0.4) is 0 Å². The van der Waals surface area contributed by atoms with Crippen LogP contribution in [-0.2, 0) is 6.42 Å². The molecule has 1 aliphatic heterocycles. The highest BCUT2D eigenvalue weighted by Gasteiger charge is 2.17. The van der Waals surface area contributed by atoms with Crippen LogP contribution < -0.4 is 4.74 Å². The number of pyridine rings is 2. The van der Waals surface area contributed by atoms with Crippen LogP contribution >= 0.6 is 0 Å². The molecule has 0 spiro atoms. The molecule has 7 rings (SSSR count). The first-order valence-corrected chi connectivity index (χ1v) is 11.3. The molecular weight excluding hydrogens is 424 g/mol. The van der Waals surface area contributed by atoms with Gasteiger partial charge in [0.15, 0.2) is 5.82 Å². The Bertz CT molecular complexity index is 1680. The SMILES string of the molecule is c1cc2cc(c1)-c1nccc3[nH]c(nc13)-c1n[nH]c3ccc(cc13)-c1cncc(c1)OCCC2. The van der Waals surface area contributed by atoms with Crippen molar-refractivity contribution >= 4 is 21.9 Å². The Hall–Kier alpha value is -4.52. The number of nitrogens with zero attached hydrogens (tertiary/aromatic N) is 4. The molecule has 0 unspecified atom stereocenters. The molecule has 5 heterocycles. The van der Waals surface area contributed by atoms with Crippen LogP contribution in [0, 0.1) is 0 Å². The lowest BCUT2D eigenvalue weighted by Crippen LogP contribution is -2.00. The molecule has 4 aromatic heterocycles. The van der Waals surface area contributed by atoms with Crippen molar-refractivity contribution in [1.29, 1.82) is 0 Å². The van der Waals surface area contributed by atoms with Gasteiger partial charge in [-0.25, -0.2) is 4.98 Å². The Morgan fingerprint density at radius 1 is 0.853 bits per heavy atom. The zero-order chi connectivity index (χ0) is 22.5. The molecular formula is C27H20N6O. The predicted molar refractivity (Wildman–Crippen MR) is 131 cm³/mol. The second kappa shape index (κ2) is 7.52. The van der Waals surface area contributed by atoms with E-state index in [1.165, 1.54) is 5.56 Å². The summed E-state index contributed by atoms with van der Waals surface area (Å²) in [5.74, 6) is 1.48. The standard InChI is InChI=1S/C27H20N6O/c1-3-16-4-2-10-34-20-12-19(14-28-15-20)17-6-7-22-21(13-17)25(33-32-22)27-30-23-8-9-29-24(26(23)31-27)18(5-1)11-16/h1,3,5-9,11-15H,2,4,10H2,(H,30,31)(H,32,33). The highest BCUT2D eigenvalue weighted by atomic mass is 16.5. The summed E-state index contributed by atoms with van der Waals surface area (Å²) < 4.78 is 6.03. The van der Waals surface area contributed by atoms with Crippen LogP contribution in [0.5, 0.6) is 5.75 Å². The first-order valence-electron chi connectivity index (χ1n) is 11.3. The number of imidazole rings is 1. The van der Waals surface area contributed by atoms with Crippen molar-refractivity contribution < 1.29 is 4.74 Å². The van der Waals surface area contributed by atoms with Crippen LogP contribution in [0.2, 0.25) is 0 Å². The lowest BCUT2D eigenvalue weighted by Gasteiger charge is -2.09. The molecule has 2 aromatic carbocycles. The molecule has 6 aromatic rings. The van der Waals surface area contributed by atoms with Gasteiger partial charge in [-0.05, 0) is 54.3 Å². The minimum atomic E-state index is 0.622. The van der Waals surface area contributed by atoms with E-state index in [1.807, 2.05) is 30.6 Å². The molecule has 1 aliphatic rings. The van der Waals surface area contributed by atoms with E-state index in [0.717, 1.165) is 68.6 Å². The Balaban J connectivity index is 1.47. The van der Waals surface area contributed by atoms with Gasteiger partial charge in [-0.2, -0.15) is 5.10 Å². The third-order valence-electron chi connectivity index (χ3n) is 6.31. The van der Waals surface area contributed by atoms with Crippen LogP contribution in [0.1, 0.15) is 12.0 Å². The van der Waals surface area contributed by atoms with Gasteiger partial charge in [-0.1, -0.05) is 24.3 Å². The average molecular weight is 444 g/mol. The lowest BCUT2D eigenvalue weighted by molar-refractivity contribution is 0.310. The van der Waals surface area contributed by atoms with Gasteiger partial charge in [-0.15, -0.1) is 0 Å². The summed E-state index contributed by atoms with van der Waals surface area (Å²) in [5.41, 5.74) is 8.68. The number of H-pyrrole nitrogens is 2. The zero-order valence-electron chi connectivity index (χ0n) is 18.2. The van der Waals surface area contributed by atoms with E-state index in [9.17, 15) is 0 Å². The number of rotatable bonds is 0. The average Bonchev–Trinajstić information content (AvgIpc) is 3.50. The molecule has 7 nitrogen and oxygen atoms in total. The Kier molecular flexibility index (Phi) is 4.20. The molecule has 0 aliphatic carbocycles. The maximum absolute atomic E-state index is 6.03. The minimum Gasteiger partial charge on any atom is -0.492 e. The molecule has 0 radical (unpaired) electrons. The first kappa shape index (κ1) is 19.0. The normalized spacial score (nSPS) is 13.2. The number of aryl methyl sites for hydroxylation is 1. The number of fused-ring (bicyclic) bond motifs is 9. The summed E-state index contributed by atoms with van der Waals surface area (Å²) in [5, 5.41) is 8.71. The summed E-state index contributed by atoms with van der Waals surface area (Å²) in [4.78, 5) is 17.5. The predicted octanol–water partition coefficient (Wildman–Crippen LogP) is 5.56. The number of hydrogen-bond acceptors (Lipinski definition) is 5. The Labute approximate surface area is 194 Å². The van der Waals surface area contributed by atoms with Gasteiger partial charge in [0.05, 0.1) is 29.5 Å². The first-order chi connectivity index (χ1) is 16.8. The number of nitrogens with one attached hydrogen (secondary N) is 2. The van der Waals surface area contributed by atoms with Crippen LogP contribution in [-0.4, -0.2) is 36.7 Å². The molecule has 8 bridgehead atoms. The van der Waals surface area contributed by atoms with Gasteiger partial charge in [0, 0.05) is 28.9 Å². The van der Waals surface area contributed by atoms with E-state index in [2.05, 4.69) is 61.5 Å². The summed E-state index contributed by atoms with van der Waals surface area (Å²) in [7, 11) is 0. The maximum Gasteiger partial charge on any atom is 0.159 e. The maximum atomic E-state index is 6.03. The van der Waals surface area contributed by atoms with Crippen molar-refractivity contribution in [3.63, 3.8) is 0 Å². The second-order valence-electron chi connectivity index (χ2n) is 8.54. The van der Waals surface area contributed by atoms with Crippen LogP contribution in [0.15, 0.2) is 73.2 Å². The Morgan fingerprint density at radius 3 is 2.85 bits per heavy atom. The van der Waals surface area contributed by atoms with E-state index < -0.39 is 0 Å². The largest absolute Gasteiger partial charge is 0.492 e. The fourth-order valence-electron chi connectivity index (χ4n) is 4.63. The number of benzene rings is 2. The quantitative estimate of drug-likeness (QED) is 0.320. The van der Waals surface area contributed by atoms with Crippen LogP contribution in [0.25, 0.3) is 55.8 Å². The summed E-state index contributed by atoms with van der Waals surface area (Å²) in [6, 6.07) is 18.7. The third kappa shape index (κ3) is 3.13. The topological polar surface area (TPSA) is 92.4 Å². The molecule has 0 atom stereocenters. The molecule has 7 heteroatoms. The Morgan fingerprint density at radius 2 is 1.85 bits per heavy atom. The molecule has 0 amide bonds. The molecule has 2 N–H and O–H groups in total. The summed E-state index contributed by atoms with van der Waals surface area (Å²) in [6.45, 7) is 0.622. The molecule has 0 saturated carbocycles. The van der Waals surface area contributed by atoms with Gasteiger partial charge in [-0.3, -0.25) is 15.1 Å². The van der Waals surface area contributed by atoms with Crippen molar-refractivity contribution in [2.45, 2.75) is 12.8 Å².